The molecule has 0 aliphatic carbocycles. The Morgan fingerprint density at radius 2 is 2.16 bits per heavy atom. The van der Waals surface area contributed by atoms with Crippen molar-refractivity contribution >= 4 is 17.7 Å². The number of methoxy groups -OCH3 is 1. The van der Waals surface area contributed by atoms with Crippen molar-refractivity contribution in [1.82, 2.24) is 4.90 Å². The first-order valence-electron chi connectivity index (χ1n) is 6.40. The molecule has 0 saturated carbocycles. The van der Waals surface area contributed by atoms with Gasteiger partial charge < -0.3 is 15.0 Å². The highest BCUT2D eigenvalue weighted by molar-refractivity contribution is 5.93. The van der Waals surface area contributed by atoms with E-state index in [0.717, 1.165) is 17.7 Å². The van der Waals surface area contributed by atoms with Crippen LogP contribution in [0.4, 0.5) is 10.5 Å². The number of fused-ring (bicyclic) bond motifs is 1. The SMILES string of the molecule is CCCN1C(=O)Nc2ccccc2C1CC(=O)OC. The van der Waals surface area contributed by atoms with Crippen LogP contribution in [-0.4, -0.2) is 30.6 Å². The Bertz CT molecular complexity index is 487. The van der Waals surface area contributed by atoms with Gasteiger partial charge in [0.05, 0.1) is 19.6 Å². The molecule has 1 heterocycles. The van der Waals surface area contributed by atoms with Gasteiger partial charge in [-0.1, -0.05) is 25.1 Å². The van der Waals surface area contributed by atoms with Crippen molar-refractivity contribution in [1.29, 1.82) is 0 Å². The van der Waals surface area contributed by atoms with Gasteiger partial charge in [0.25, 0.3) is 0 Å². The van der Waals surface area contributed by atoms with Crippen molar-refractivity contribution in [2.45, 2.75) is 25.8 Å². The summed E-state index contributed by atoms with van der Waals surface area (Å²) >= 11 is 0. The first kappa shape index (κ1) is 13.4. The zero-order chi connectivity index (χ0) is 13.8. The van der Waals surface area contributed by atoms with E-state index in [2.05, 4.69) is 5.32 Å². The number of carbonyl (C=O) groups excluding carboxylic acids is 2. The number of anilines is 1. The third-order valence-corrected chi connectivity index (χ3v) is 3.25. The van der Waals surface area contributed by atoms with E-state index in [9.17, 15) is 9.59 Å². The quantitative estimate of drug-likeness (QED) is 0.848. The molecule has 102 valence electrons. The average molecular weight is 262 g/mol. The van der Waals surface area contributed by atoms with Crippen LogP contribution in [0, 0.1) is 0 Å². The Balaban J connectivity index is 2.35. The number of rotatable bonds is 4. The van der Waals surface area contributed by atoms with E-state index in [1.165, 1.54) is 7.11 Å². The smallest absolute Gasteiger partial charge is 0.322 e. The fourth-order valence-electron chi connectivity index (χ4n) is 2.36. The van der Waals surface area contributed by atoms with E-state index < -0.39 is 0 Å². The summed E-state index contributed by atoms with van der Waals surface area (Å²) < 4.78 is 4.73. The van der Waals surface area contributed by atoms with Gasteiger partial charge in [-0.05, 0) is 18.1 Å². The molecule has 0 saturated heterocycles. The Kier molecular flexibility index (Phi) is 4.04. The molecular formula is C14H18N2O3. The van der Waals surface area contributed by atoms with Gasteiger partial charge in [0, 0.05) is 12.2 Å². The van der Waals surface area contributed by atoms with Crippen molar-refractivity contribution in [2.75, 3.05) is 19.0 Å². The normalized spacial score (nSPS) is 17.7. The molecule has 2 amide bonds. The maximum Gasteiger partial charge on any atom is 0.322 e. The first-order valence-corrected chi connectivity index (χ1v) is 6.40. The maximum absolute atomic E-state index is 12.1. The van der Waals surface area contributed by atoms with Crippen molar-refractivity contribution in [3.63, 3.8) is 0 Å². The molecule has 0 spiro atoms. The molecule has 5 heteroatoms. The van der Waals surface area contributed by atoms with Gasteiger partial charge in [0.1, 0.15) is 0 Å². The molecule has 0 bridgehead atoms. The number of nitrogens with one attached hydrogen (secondary N) is 1. The molecule has 0 fully saturated rings. The maximum atomic E-state index is 12.1. The van der Waals surface area contributed by atoms with Crippen molar-refractivity contribution in [3.8, 4) is 0 Å². The van der Waals surface area contributed by atoms with E-state index in [1.807, 2.05) is 31.2 Å². The molecule has 1 aromatic carbocycles. The Morgan fingerprint density at radius 3 is 2.84 bits per heavy atom. The van der Waals surface area contributed by atoms with Crippen LogP contribution in [0.1, 0.15) is 31.4 Å². The molecule has 1 aromatic rings. The summed E-state index contributed by atoms with van der Waals surface area (Å²) in [6, 6.07) is 7.15. The van der Waals surface area contributed by atoms with Crippen LogP contribution in [-0.2, 0) is 9.53 Å². The molecular weight excluding hydrogens is 244 g/mol. The number of urea groups is 1. The van der Waals surface area contributed by atoms with Gasteiger partial charge in [-0.3, -0.25) is 4.79 Å². The monoisotopic (exact) mass is 262 g/mol. The second kappa shape index (κ2) is 5.73. The van der Waals surface area contributed by atoms with E-state index in [1.54, 1.807) is 4.90 Å². The fourth-order valence-corrected chi connectivity index (χ4v) is 2.36. The predicted octanol–water partition coefficient (Wildman–Crippen LogP) is 2.55. The summed E-state index contributed by atoms with van der Waals surface area (Å²) in [6.07, 6.45) is 1.02. The Morgan fingerprint density at radius 1 is 1.42 bits per heavy atom. The molecule has 5 nitrogen and oxygen atoms in total. The summed E-state index contributed by atoms with van der Waals surface area (Å²) in [5.74, 6) is -0.310. The number of esters is 1. The van der Waals surface area contributed by atoms with E-state index in [-0.39, 0.29) is 24.5 Å². The standard InChI is InChI=1S/C14H18N2O3/c1-3-8-16-12(9-13(17)19-2)10-6-4-5-7-11(10)15-14(16)18/h4-7,12H,3,8-9H2,1-2H3,(H,15,18). The summed E-state index contributed by atoms with van der Waals surface area (Å²) in [5.41, 5.74) is 1.73. The van der Waals surface area contributed by atoms with Crippen LogP contribution >= 0.6 is 0 Å². The third kappa shape index (κ3) is 2.70. The van der Waals surface area contributed by atoms with Crippen molar-refractivity contribution < 1.29 is 14.3 Å². The molecule has 1 N–H and O–H groups in total. The van der Waals surface area contributed by atoms with E-state index in [4.69, 9.17) is 4.74 Å². The summed E-state index contributed by atoms with van der Waals surface area (Å²) in [5, 5.41) is 2.85. The second-order valence-corrected chi connectivity index (χ2v) is 4.51. The molecule has 2 rings (SSSR count). The highest BCUT2D eigenvalue weighted by Gasteiger charge is 2.33. The lowest BCUT2D eigenvalue weighted by Crippen LogP contribution is -2.43. The third-order valence-electron chi connectivity index (χ3n) is 3.25. The van der Waals surface area contributed by atoms with Crippen LogP contribution in [0.3, 0.4) is 0 Å². The molecule has 1 unspecified atom stereocenters. The van der Waals surface area contributed by atoms with E-state index in [0.29, 0.717) is 6.54 Å². The minimum absolute atomic E-state index is 0.158. The van der Waals surface area contributed by atoms with Crippen LogP contribution < -0.4 is 5.32 Å². The molecule has 1 aliphatic rings. The van der Waals surface area contributed by atoms with Gasteiger partial charge in [-0.15, -0.1) is 0 Å². The van der Waals surface area contributed by atoms with Gasteiger partial charge >= 0.3 is 12.0 Å². The summed E-state index contributed by atoms with van der Waals surface area (Å²) in [7, 11) is 1.36. The topological polar surface area (TPSA) is 58.6 Å². The average Bonchev–Trinajstić information content (AvgIpc) is 2.42. The highest BCUT2D eigenvalue weighted by atomic mass is 16.5. The van der Waals surface area contributed by atoms with Gasteiger partial charge in [-0.2, -0.15) is 0 Å². The van der Waals surface area contributed by atoms with Crippen molar-refractivity contribution in [2.24, 2.45) is 0 Å². The number of hydrogen-bond acceptors (Lipinski definition) is 3. The number of para-hydroxylation sites is 1. The number of ether oxygens (including phenoxy) is 1. The molecule has 0 radical (unpaired) electrons. The van der Waals surface area contributed by atoms with Crippen molar-refractivity contribution in [3.05, 3.63) is 29.8 Å². The number of benzene rings is 1. The van der Waals surface area contributed by atoms with Crippen LogP contribution in [0.5, 0.6) is 0 Å². The van der Waals surface area contributed by atoms with Crippen LogP contribution in [0.15, 0.2) is 24.3 Å². The fraction of sp³-hybridized carbons (Fsp3) is 0.429. The van der Waals surface area contributed by atoms with Gasteiger partial charge in [-0.25, -0.2) is 4.79 Å². The molecule has 1 aliphatic heterocycles. The molecule has 1 atom stereocenters. The summed E-state index contributed by atoms with van der Waals surface area (Å²) in [6.45, 7) is 2.62. The van der Waals surface area contributed by atoms with E-state index >= 15 is 0 Å². The minimum Gasteiger partial charge on any atom is -0.469 e. The molecule has 0 aromatic heterocycles. The Hall–Kier alpha value is -2.04. The molecule has 19 heavy (non-hydrogen) atoms. The Labute approximate surface area is 112 Å². The van der Waals surface area contributed by atoms with Gasteiger partial charge in [0.2, 0.25) is 0 Å². The highest BCUT2D eigenvalue weighted by Crippen LogP contribution is 2.35. The number of hydrogen-bond donors (Lipinski definition) is 1. The summed E-state index contributed by atoms with van der Waals surface area (Å²) in [4.78, 5) is 25.3. The van der Waals surface area contributed by atoms with Crippen LogP contribution in [0.25, 0.3) is 0 Å². The lowest BCUT2D eigenvalue weighted by atomic mass is 9.98. The zero-order valence-corrected chi connectivity index (χ0v) is 11.2. The number of nitrogens with zero attached hydrogens (tertiary/aromatic N) is 1. The lowest BCUT2D eigenvalue weighted by molar-refractivity contribution is -0.141. The predicted molar refractivity (Wildman–Crippen MR) is 71.8 cm³/mol. The minimum atomic E-state index is -0.310. The second-order valence-electron chi connectivity index (χ2n) is 4.51. The number of carbonyl (C=O) groups is 2. The zero-order valence-electron chi connectivity index (χ0n) is 11.2. The number of amides is 2. The first-order chi connectivity index (χ1) is 9.17. The van der Waals surface area contributed by atoms with Gasteiger partial charge in [0.15, 0.2) is 0 Å². The lowest BCUT2D eigenvalue weighted by Gasteiger charge is -2.36. The largest absolute Gasteiger partial charge is 0.469 e. The van der Waals surface area contributed by atoms with Crippen LogP contribution in [0.2, 0.25) is 0 Å².